The van der Waals surface area contributed by atoms with E-state index < -0.39 is 22.1 Å². The van der Waals surface area contributed by atoms with Crippen molar-refractivity contribution in [1.29, 1.82) is 0 Å². The lowest BCUT2D eigenvalue weighted by Crippen LogP contribution is -2.51. The number of nitrogens with two attached hydrogens (primary N) is 1. The molecule has 0 aromatic rings. The van der Waals surface area contributed by atoms with Crippen molar-refractivity contribution in [3.05, 3.63) is 0 Å². The molecule has 0 unspecified atom stereocenters. The SMILES string of the molecule is NC1CCN(S(=O)(=O)N2CCC(C(=O)O)CC2)CC1. The van der Waals surface area contributed by atoms with Gasteiger partial charge in [0.2, 0.25) is 0 Å². The third-order valence-corrected chi connectivity index (χ3v) is 5.99. The first-order valence-electron chi connectivity index (χ1n) is 6.65. The second-order valence-corrected chi connectivity index (χ2v) is 7.18. The first-order valence-corrected chi connectivity index (χ1v) is 8.04. The Bertz CT molecular complexity index is 423. The van der Waals surface area contributed by atoms with Crippen LogP contribution >= 0.6 is 0 Å². The molecule has 0 spiro atoms. The fourth-order valence-electron chi connectivity index (χ4n) is 2.60. The van der Waals surface area contributed by atoms with Crippen LogP contribution in [-0.4, -0.2) is 60.3 Å². The first-order chi connectivity index (χ1) is 8.91. The van der Waals surface area contributed by atoms with Crippen LogP contribution in [0.1, 0.15) is 25.7 Å². The molecule has 110 valence electrons. The number of carbonyl (C=O) groups is 1. The van der Waals surface area contributed by atoms with Crippen LogP contribution in [0.3, 0.4) is 0 Å². The minimum atomic E-state index is -3.44. The summed E-state index contributed by atoms with van der Waals surface area (Å²) in [6.07, 6.45) is 2.15. The van der Waals surface area contributed by atoms with Gasteiger partial charge in [-0.3, -0.25) is 4.79 Å². The van der Waals surface area contributed by atoms with Gasteiger partial charge >= 0.3 is 5.97 Å². The minimum absolute atomic E-state index is 0.0872. The molecule has 8 heteroatoms. The molecular weight excluding hydrogens is 270 g/mol. The van der Waals surface area contributed by atoms with Crippen molar-refractivity contribution in [2.75, 3.05) is 26.2 Å². The summed E-state index contributed by atoms with van der Waals surface area (Å²) in [5.41, 5.74) is 5.77. The minimum Gasteiger partial charge on any atom is -0.481 e. The van der Waals surface area contributed by atoms with Crippen molar-refractivity contribution in [2.24, 2.45) is 11.7 Å². The quantitative estimate of drug-likeness (QED) is 0.726. The normalized spacial score (nSPS) is 25.5. The number of carboxylic acids is 1. The Morgan fingerprint density at radius 1 is 1.00 bits per heavy atom. The molecule has 0 atom stereocenters. The van der Waals surface area contributed by atoms with Gasteiger partial charge < -0.3 is 10.8 Å². The summed E-state index contributed by atoms with van der Waals surface area (Å²) in [6.45, 7) is 1.51. The van der Waals surface area contributed by atoms with Crippen molar-refractivity contribution >= 4 is 16.2 Å². The Morgan fingerprint density at radius 2 is 1.42 bits per heavy atom. The van der Waals surface area contributed by atoms with Gasteiger partial charge in [-0.2, -0.15) is 17.0 Å². The molecule has 7 nitrogen and oxygen atoms in total. The zero-order valence-corrected chi connectivity index (χ0v) is 11.7. The van der Waals surface area contributed by atoms with Gasteiger partial charge in [0.1, 0.15) is 0 Å². The summed E-state index contributed by atoms with van der Waals surface area (Å²) in [7, 11) is -3.44. The van der Waals surface area contributed by atoms with Crippen molar-refractivity contribution < 1.29 is 18.3 Å². The van der Waals surface area contributed by atoms with Crippen LogP contribution in [0.2, 0.25) is 0 Å². The van der Waals surface area contributed by atoms with E-state index in [1.165, 1.54) is 8.61 Å². The van der Waals surface area contributed by atoms with Crippen LogP contribution in [0.25, 0.3) is 0 Å². The van der Waals surface area contributed by atoms with E-state index in [1.807, 2.05) is 0 Å². The first kappa shape index (κ1) is 14.7. The zero-order chi connectivity index (χ0) is 14.0. The van der Waals surface area contributed by atoms with E-state index in [-0.39, 0.29) is 6.04 Å². The standard InChI is InChI=1S/C11H21N3O4S/c12-10-3-7-14(8-4-10)19(17,18)13-5-1-9(2-6-13)11(15)16/h9-10H,1-8,12H2,(H,15,16). The molecule has 0 amide bonds. The molecule has 0 aliphatic carbocycles. The number of aliphatic carboxylic acids is 1. The highest BCUT2D eigenvalue weighted by molar-refractivity contribution is 7.86. The van der Waals surface area contributed by atoms with Gasteiger partial charge in [0.25, 0.3) is 10.2 Å². The van der Waals surface area contributed by atoms with Crippen molar-refractivity contribution in [3.8, 4) is 0 Å². The van der Waals surface area contributed by atoms with Crippen LogP contribution in [0, 0.1) is 5.92 Å². The third kappa shape index (κ3) is 3.25. The van der Waals surface area contributed by atoms with Gasteiger partial charge in [-0.05, 0) is 25.7 Å². The molecule has 0 saturated carbocycles. The van der Waals surface area contributed by atoms with E-state index in [0.717, 1.165) is 0 Å². The number of hydrogen-bond acceptors (Lipinski definition) is 4. The maximum atomic E-state index is 12.4. The predicted molar refractivity (Wildman–Crippen MR) is 69.6 cm³/mol. The number of nitrogens with zero attached hydrogens (tertiary/aromatic N) is 2. The molecule has 2 fully saturated rings. The summed E-state index contributed by atoms with van der Waals surface area (Å²) in [6, 6.07) is 0.0872. The van der Waals surface area contributed by atoms with E-state index in [0.29, 0.717) is 51.9 Å². The monoisotopic (exact) mass is 291 g/mol. The summed E-state index contributed by atoms with van der Waals surface area (Å²) >= 11 is 0. The van der Waals surface area contributed by atoms with Crippen LogP contribution < -0.4 is 5.73 Å². The molecule has 2 saturated heterocycles. The Hall–Kier alpha value is -0.700. The van der Waals surface area contributed by atoms with E-state index in [2.05, 4.69) is 0 Å². The average molecular weight is 291 g/mol. The van der Waals surface area contributed by atoms with Crippen molar-refractivity contribution in [3.63, 3.8) is 0 Å². The zero-order valence-electron chi connectivity index (χ0n) is 10.9. The lowest BCUT2D eigenvalue weighted by atomic mass is 9.99. The van der Waals surface area contributed by atoms with Gasteiger partial charge in [0.15, 0.2) is 0 Å². The average Bonchev–Trinajstić information content (AvgIpc) is 2.39. The second-order valence-electron chi connectivity index (χ2n) is 5.26. The smallest absolute Gasteiger partial charge is 0.306 e. The fraction of sp³-hybridized carbons (Fsp3) is 0.909. The summed E-state index contributed by atoms with van der Waals surface area (Å²) in [4.78, 5) is 10.9. The van der Waals surface area contributed by atoms with E-state index in [9.17, 15) is 13.2 Å². The lowest BCUT2D eigenvalue weighted by molar-refractivity contribution is -0.142. The van der Waals surface area contributed by atoms with Gasteiger partial charge in [-0.15, -0.1) is 0 Å². The molecule has 2 heterocycles. The fourth-order valence-corrected chi connectivity index (χ4v) is 4.27. The Labute approximate surface area is 113 Å². The van der Waals surface area contributed by atoms with E-state index in [4.69, 9.17) is 10.8 Å². The maximum absolute atomic E-state index is 12.4. The van der Waals surface area contributed by atoms with Gasteiger partial charge in [-0.1, -0.05) is 0 Å². The molecule has 0 bridgehead atoms. The van der Waals surface area contributed by atoms with Crippen LogP contribution in [0.15, 0.2) is 0 Å². The van der Waals surface area contributed by atoms with Crippen molar-refractivity contribution in [2.45, 2.75) is 31.7 Å². The maximum Gasteiger partial charge on any atom is 0.306 e. The van der Waals surface area contributed by atoms with Gasteiger partial charge in [0.05, 0.1) is 5.92 Å². The molecule has 2 aliphatic heterocycles. The molecule has 3 N–H and O–H groups in total. The molecule has 2 rings (SSSR count). The summed E-state index contributed by atoms with van der Waals surface area (Å²) in [5.74, 6) is -1.25. The molecule has 2 aliphatic rings. The van der Waals surface area contributed by atoms with Crippen molar-refractivity contribution in [1.82, 2.24) is 8.61 Å². The summed E-state index contributed by atoms with van der Waals surface area (Å²) in [5, 5.41) is 8.91. The third-order valence-electron chi connectivity index (χ3n) is 3.95. The highest BCUT2D eigenvalue weighted by atomic mass is 32.2. The lowest BCUT2D eigenvalue weighted by Gasteiger charge is -2.36. The van der Waals surface area contributed by atoms with Gasteiger partial charge in [-0.25, -0.2) is 0 Å². The molecule has 19 heavy (non-hydrogen) atoms. The van der Waals surface area contributed by atoms with E-state index in [1.54, 1.807) is 0 Å². The predicted octanol–water partition coefficient (Wildman–Crippen LogP) is -0.549. The molecule has 0 radical (unpaired) electrons. The number of carboxylic acid groups (broad SMARTS) is 1. The number of hydrogen-bond donors (Lipinski definition) is 2. The largest absolute Gasteiger partial charge is 0.481 e. The molecule has 0 aromatic heterocycles. The topological polar surface area (TPSA) is 104 Å². The number of rotatable bonds is 3. The molecule has 0 aromatic carbocycles. The Morgan fingerprint density at radius 3 is 1.84 bits per heavy atom. The highest BCUT2D eigenvalue weighted by Crippen LogP contribution is 2.23. The highest BCUT2D eigenvalue weighted by Gasteiger charge is 2.35. The van der Waals surface area contributed by atoms with E-state index >= 15 is 0 Å². The number of piperidine rings is 2. The van der Waals surface area contributed by atoms with Crippen LogP contribution in [0.5, 0.6) is 0 Å². The Balaban J connectivity index is 1.96. The Kier molecular flexibility index (Phi) is 4.44. The van der Waals surface area contributed by atoms with Crippen LogP contribution in [-0.2, 0) is 15.0 Å². The summed E-state index contributed by atoms with van der Waals surface area (Å²) < 4.78 is 27.7. The van der Waals surface area contributed by atoms with Gasteiger partial charge in [0, 0.05) is 32.2 Å². The van der Waals surface area contributed by atoms with Crippen LogP contribution in [0.4, 0.5) is 0 Å². The molecular formula is C11H21N3O4S. The second kappa shape index (κ2) is 5.74.